The first-order valence-electron chi connectivity index (χ1n) is 9.99. The van der Waals surface area contributed by atoms with Crippen LogP contribution in [0.3, 0.4) is 0 Å². The Morgan fingerprint density at radius 3 is 2.50 bits per heavy atom. The Morgan fingerprint density at radius 1 is 1.12 bits per heavy atom. The van der Waals surface area contributed by atoms with Crippen LogP contribution in [0.25, 0.3) is 11.1 Å². The molecule has 1 aromatic heterocycles. The fourth-order valence-electron chi connectivity index (χ4n) is 3.86. The SMILES string of the molecule is Cc1cc2c(c(=O)o1)-c1ccccc1C(C)C(=O)N2CC(=O)Nc1ccc(C(F)F)cc1. The smallest absolute Gasteiger partial charge is 0.345 e. The van der Waals surface area contributed by atoms with Crippen LogP contribution in [0.4, 0.5) is 20.2 Å². The number of nitrogens with one attached hydrogen (secondary N) is 1. The number of aryl methyl sites for hydroxylation is 1. The second kappa shape index (κ2) is 8.37. The Kier molecular flexibility index (Phi) is 5.61. The minimum atomic E-state index is -2.61. The number of halogens is 2. The van der Waals surface area contributed by atoms with Crippen LogP contribution in [-0.4, -0.2) is 18.4 Å². The van der Waals surface area contributed by atoms with Crippen molar-refractivity contribution in [1.29, 1.82) is 0 Å². The summed E-state index contributed by atoms with van der Waals surface area (Å²) in [6, 6.07) is 13.8. The number of amides is 2. The molecule has 1 unspecified atom stereocenters. The van der Waals surface area contributed by atoms with Gasteiger partial charge in [0.25, 0.3) is 6.43 Å². The molecule has 0 bridgehead atoms. The van der Waals surface area contributed by atoms with E-state index in [1.165, 1.54) is 29.2 Å². The molecule has 0 aliphatic carbocycles. The highest BCUT2D eigenvalue weighted by atomic mass is 19.3. The third-order valence-electron chi connectivity index (χ3n) is 5.43. The van der Waals surface area contributed by atoms with Crippen molar-refractivity contribution in [3.63, 3.8) is 0 Å². The molecule has 0 radical (unpaired) electrons. The van der Waals surface area contributed by atoms with Crippen LogP contribution in [-0.2, 0) is 9.59 Å². The zero-order valence-corrected chi connectivity index (χ0v) is 17.4. The van der Waals surface area contributed by atoms with E-state index in [2.05, 4.69) is 5.32 Å². The van der Waals surface area contributed by atoms with Crippen LogP contribution in [0.1, 0.15) is 36.2 Å². The number of nitrogens with zero attached hydrogens (tertiary/aromatic N) is 1. The Labute approximate surface area is 182 Å². The Balaban J connectivity index is 1.70. The maximum Gasteiger partial charge on any atom is 0.345 e. The molecule has 6 nitrogen and oxygen atoms in total. The van der Waals surface area contributed by atoms with Gasteiger partial charge in [-0.1, -0.05) is 36.4 Å². The van der Waals surface area contributed by atoms with Gasteiger partial charge in [0.1, 0.15) is 12.3 Å². The third-order valence-corrected chi connectivity index (χ3v) is 5.43. The predicted molar refractivity (Wildman–Crippen MR) is 116 cm³/mol. The molecule has 3 aromatic rings. The average Bonchev–Trinajstić information content (AvgIpc) is 2.84. The fourth-order valence-corrected chi connectivity index (χ4v) is 3.86. The van der Waals surface area contributed by atoms with Crippen molar-refractivity contribution >= 4 is 23.2 Å². The van der Waals surface area contributed by atoms with Crippen LogP contribution in [0.5, 0.6) is 0 Å². The molecule has 2 aromatic carbocycles. The quantitative estimate of drug-likeness (QED) is 0.644. The van der Waals surface area contributed by atoms with E-state index in [9.17, 15) is 23.2 Å². The summed E-state index contributed by atoms with van der Waals surface area (Å²) < 4.78 is 30.8. The van der Waals surface area contributed by atoms with Gasteiger partial charge in [0.2, 0.25) is 11.8 Å². The second-order valence-electron chi connectivity index (χ2n) is 7.61. The molecule has 0 saturated heterocycles. The summed E-state index contributed by atoms with van der Waals surface area (Å²) in [5.41, 5.74) is 1.34. The van der Waals surface area contributed by atoms with Gasteiger partial charge < -0.3 is 14.6 Å². The van der Waals surface area contributed by atoms with E-state index < -0.39 is 23.9 Å². The highest BCUT2D eigenvalue weighted by Gasteiger charge is 2.34. The average molecular weight is 438 g/mol. The minimum Gasteiger partial charge on any atom is -0.428 e. The van der Waals surface area contributed by atoms with Gasteiger partial charge in [-0.3, -0.25) is 9.59 Å². The van der Waals surface area contributed by atoms with Gasteiger partial charge in [0, 0.05) is 17.3 Å². The molecule has 8 heteroatoms. The van der Waals surface area contributed by atoms with Crippen molar-refractivity contribution in [3.8, 4) is 11.1 Å². The lowest BCUT2D eigenvalue weighted by Crippen LogP contribution is -2.40. The summed E-state index contributed by atoms with van der Waals surface area (Å²) in [6.45, 7) is 2.95. The van der Waals surface area contributed by atoms with Crippen LogP contribution in [0.15, 0.2) is 63.8 Å². The molecule has 164 valence electrons. The molecule has 0 fully saturated rings. The number of rotatable bonds is 4. The molecule has 2 amide bonds. The van der Waals surface area contributed by atoms with E-state index in [0.717, 1.165) is 0 Å². The first kappa shape index (κ1) is 21.4. The monoisotopic (exact) mass is 438 g/mol. The summed E-state index contributed by atoms with van der Waals surface area (Å²) in [6.07, 6.45) is -2.61. The lowest BCUT2D eigenvalue weighted by Gasteiger charge is -2.24. The Hall–Kier alpha value is -3.81. The standard InChI is InChI=1S/C24H20F2N2O4/c1-13-11-19-21(24(31)32-13)18-6-4-3-5-17(18)14(2)23(30)28(19)12-20(29)27-16-9-7-15(8-10-16)22(25)26/h3-11,14,22H,12H2,1-2H3,(H,27,29). The zero-order chi connectivity index (χ0) is 23.0. The number of anilines is 2. The van der Waals surface area contributed by atoms with Gasteiger partial charge in [0.05, 0.1) is 17.2 Å². The van der Waals surface area contributed by atoms with Crippen molar-refractivity contribution in [2.24, 2.45) is 0 Å². The van der Waals surface area contributed by atoms with E-state index in [-0.39, 0.29) is 23.6 Å². The summed E-state index contributed by atoms with van der Waals surface area (Å²) in [4.78, 5) is 40.1. The normalized spacial score (nSPS) is 15.2. The maximum absolute atomic E-state index is 13.3. The molecule has 0 spiro atoms. The number of hydrogen-bond donors (Lipinski definition) is 1. The number of carbonyl (C=O) groups is 2. The maximum atomic E-state index is 13.3. The van der Waals surface area contributed by atoms with E-state index in [1.54, 1.807) is 44.2 Å². The molecule has 4 rings (SSSR count). The Bertz CT molecular complexity index is 1250. The van der Waals surface area contributed by atoms with E-state index in [0.29, 0.717) is 28.3 Å². The first-order chi connectivity index (χ1) is 15.3. The largest absolute Gasteiger partial charge is 0.428 e. The van der Waals surface area contributed by atoms with E-state index in [4.69, 9.17) is 4.42 Å². The number of carbonyl (C=O) groups excluding carboxylic acids is 2. The highest BCUT2D eigenvalue weighted by Crippen LogP contribution is 2.39. The van der Waals surface area contributed by atoms with Gasteiger partial charge in [0.15, 0.2) is 0 Å². The molecular formula is C24H20F2N2O4. The summed E-state index contributed by atoms with van der Waals surface area (Å²) in [7, 11) is 0. The molecule has 2 heterocycles. The highest BCUT2D eigenvalue weighted by molar-refractivity contribution is 6.09. The molecule has 1 aliphatic heterocycles. The van der Waals surface area contributed by atoms with Crippen LogP contribution in [0.2, 0.25) is 0 Å². The molecule has 1 N–H and O–H groups in total. The van der Waals surface area contributed by atoms with Crippen molar-refractivity contribution < 1.29 is 22.8 Å². The van der Waals surface area contributed by atoms with Crippen LogP contribution in [0, 0.1) is 6.92 Å². The number of benzene rings is 2. The van der Waals surface area contributed by atoms with Crippen molar-refractivity contribution in [3.05, 3.63) is 81.9 Å². The minimum absolute atomic E-state index is 0.159. The summed E-state index contributed by atoms with van der Waals surface area (Å²) >= 11 is 0. The second-order valence-corrected chi connectivity index (χ2v) is 7.61. The first-order valence-corrected chi connectivity index (χ1v) is 9.99. The van der Waals surface area contributed by atoms with Crippen molar-refractivity contribution in [2.45, 2.75) is 26.2 Å². The summed E-state index contributed by atoms with van der Waals surface area (Å²) in [5.74, 6) is -1.17. The lowest BCUT2D eigenvalue weighted by atomic mass is 9.93. The van der Waals surface area contributed by atoms with Crippen molar-refractivity contribution in [2.75, 3.05) is 16.8 Å². The topological polar surface area (TPSA) is 79.6 Å². The van der Waals surface area contributed by atoms with Crippen LogP contribution >= 0.6 is 0 Å². The summed E-state index contributed by atoms with van der Waals surface area (Å²) in [5, 5.41) is 2.61. The van der Waals surface area contributed by atoms with Crippen molar-refractivity contribution in [1.82, 2.24) is 0 Å². The number of hydrogen-bond acceptors (Lipinski definition) is 4. The van der Waals surface area contributed by atoms with Gasteiger partial charge >= 0.3 is 5.63 Å². The van der Waals surface area contributed by atoms with E-state index in [1.807, 2.05) is 0 Å². The zero-order valence-electron chi connectivity index (χ0n) is 17.4. The van der Waals surface area contributed by atoms with Gasteiger partial charge in [-0.15, -0.1) is 0 Å². The molecular weight excluding hydrogens is 418 g/mol. The fraction of sp³-hybridized carbons (Fsp3) is 0.208. The van der Waals surface area contributed by atoms with Gasteiger partial charge in [-0.2, -0.15) is 0 Å². The number of alkyl halides is 2. The molecule has 1 aliphatic rings. The lowest BCUT2D eigenvalue weighted by molar-refractivity contribution is -0.122. The van der Waals surface area contributed by atoms with Gasteiger partial charge in [-0.25, -0.2) is 13.6 Å². The molecule has 0 saturated carbocycles. The van der Waals surface area contributed by atoms with Crippen LogP contribution < -0.4 is 15.8 Å². The van der Waals surface area contributed by atoms with Gasteiger partial charge in [-0.05, 0) is 37.1 Å². The third kappa shape index (κ3) is 3.91. The van der Waals surface area contributed by atoms with E-state index >= 15 is 0 Å². The predicted octanol–water partition coefficient (Wildman–Crippen LogP) is 4.64. The molecule has 1 atom stereocenters. The number of fused-ring (bicyclic) bond motifs is 3. The Morgan fingerprint density at radius 2 is 1.81 bits per heavy atom. The molecule has 32 heavy (non-hydrogen) atoms.